The molecule has 0 radical (unpaired) electrons. The van der Waals surface area contributed by atoms with Crippen LogP contribution in [0.3, 0.4) is 0 Å². The van der Waals surface area contributed by atoms with Crippen molar-refractivity contribution in [3.8, 4) is 0 Å². The zero-order valence-corrected chi connectivity index (χ0v) is 13.4. The smallest absolute Gasteiger partial charge is 0.124 e. The van der Waals surface area contributed by atoms with Gasteiger partial charge in [0.2, 0.25) is 0 Å². The van der Waals surface area contributed by atoms with E-state index in [9.17, 15) is 4.39 Å². The molecule has 0 heterocycles. The molecule has 0 saturated carbocycles. The molecular weight excluding hydrogens is 285 g/mol. The fourth-order valence-electron chi connectivity index (χ4n) is 2.54. The van der Waals surface area contributed by atoms with Crippen molar-refractivity contribution in [2.45, 2.75) is 38.6 Å². The highest BCUT2D eigenvalue weighted by molar-refractivity contribution is 6.31. The number of rotatable bonds is 3. The zero-order valence-electron chi connectivity index (χ0n) is 12.7. The third kappa shape index (κ3) is 3.84. The summed E-state index contributed by atoms with van der Waals surface area (Å²) in [6, 6.07) is 12.5. The van der Waals surface area contributed by atoms with E-state index in [4.69, 9.17) is 17.3 Å². The van der Waals surface area contributed by atoms with Crippen LogP contribution < -0.4 is 5.73 Å². The number of nitrogens with two attached hydrogens (primary N) is 1. The summed E-state index contributed by atoms with van der Waals surface area (Å²) in [5.41, 5.74) is 9.63. The first kappa shape index (κ1) is 16.0. The van der Waals surface area contributed by atoms with Gasteiger partial charge in [-0.2, -0.15) is 0 Å². The molecule has 0 amide bonds. The summed E-state index contributed by atoms with van der Waals surface area (Å²) in [6.45, 7) is 6.51. The predicted molar refractivity (Wildman–Crippen MR) is 87.2 cm³/mol. The molecule has 112 valence electrons. The van der Waals surface area contributed by atoms with Crippen molar-refractivity contribution >= 4 is 11.6 Å². The molecule has 1 atom stereocenters. The number of benzene rings is 2. The second-order valence-corrected chi connectivity index (χ2v) is 6.79. The Hall–Kier alpha value is -1.38. The van der Waals surface area contributed by atoms with Crippen molar-refractivity contribution in [1.82, 2.24) is 0 Å². The van der Waals surface area contributed by atoms with Crippen LogP contribution in [0, 0.1) is 5.82 Å². The van der Waals surface area contributed by atoms with Gasteiger partial charge in [-0.1, -0.05) is 62.7 Å². The maximum Gasteiger partial charge on any atom is 0.124 e. The van der Waals surface area contributed by atoms with Crippen molar-refractivity contribution in [1.29, 1.82) is 0 Å². The first-order chi connectivity index (χ1) is 9.79. The molecular formula is C18H21ClFN. The molecule has 0 bridgehead atoms. The summed E-state index contributed by atoms with van der Waals surface area (Å²) in [5.74, 6) is -0.326. The Labute approximate surface area is 130 Å². The van der Waals surface area contributed by atoms with Gasteiger partial charge in [-0.15, -0.1) is 0 Å². The minimum atomic E-state index is -0.326. The molecule has 0 aliphatic carbocycles. The minimum absolute atomic E-state index is 0.0286. The van der Waals surface area contributed by atoms with Crippen LogP contribution >= 0.6 is 11.6 Å². The highest BCUT2D eigenvalue weighted by Crippen LogP contribution is 2.31. The van der Waals surface area contributed by atoms with Crippen LogP contribution in [-0.4, -0.2) is 0 Å². The molecule has 21 heavy (non-hydrogen) atoms. The van der Waals surface area contributed by atoms with Gasteiger partial charge in [0.15, 0.2) is 0 Å². The Morgan fingerprint density at radius 2 is 1.81 bits per heavy atom. The SMILES string of the molecule is CC(C)(C)c1ccccc1C(N)Cc1ccc(F)cc1Cl. The van der Waals surface area contributed by atoms with Crippen LogP contribution in [0.4, 0.5) is 4.39 Å². The van der Waals surface area contributed by atoms with E-state index in [-0.39, 0.29) is 17.3 Å². The lowest BCUT2D eigenvalue weighted by Gasteiger charge is -2.26. The molecule has 2 aromatic carbocycles. The summed E-state index contributed by atoms with van der Waals surface area (Å²) in [7, 11) is 0. The summed E-state index contributed by atoms with van der Waals surface area (Å²) >= 11 is 6.10. The average Bonchev–Trinajstić information content (AvgIpc) is 2.41. The lowest BCUT2D eigenvalue weighted by atomic mass is 9.81. The van der Waals surface area contributed by atoms with E-state index < -0.39 is 0 Å². The molecule has 2 N–H and O–H groups in total. The Morgan fingerprint density at radius 3 is 2.43 bits per heavy atom. The van der Waals surface area contributed by atoms with E-state index in [0.29, 0.717) is 11.4 Å². The normalized spacial score (nSPS) is 13.2. The molecule has 0 saturated heterocycles. The molecule has 0 aromatic heterocycles. The van der Waals surface area contributed by atoms with Gasteiger partial charge in [0.05, 0.1) is 0 Å². The Morgan fingerprint density at radius 1 is 1.14 bits per heavy atom. The van der Waals surface area contributed by atoms with E-state index in [0.717, 1.165) is 11.1 Å². The molecule has 0 aliphatic heterocycles. The molecule has 2 aromatic rings. The predicted octanol–water partition coefficient (Wildman–Crippen LogP) is 5.02. The van der Waals surface area contributed by atoms with E-state index in [1.165, 1.54) is 17.7 Å². The lowest BCUT2D eigenvalue weighted by molar-refractivity contribution is 0.568. The molecule has 0 fully saturated rings. The van der Waals surface area contributed by atoms with Crippen molar-refractivity contribution in [3.63, 3.8) is 0 Å². The second kappa shape index (κ2) is 6.17. The van der Waals surface area contributed by atoms with Crippen LogP contribution in [0.1, 0.15) is 43.5 Å². The van der Waals surface area contributed by atoms with Crippen LogP contribution in [0.15, 0.2) is 42.5 Å². The molecule has 0 aliphatic rings. The molecule has 1 nitrogen and oxygen atoms in total. The topological polar surface area (TPSA) is 26.0 Å². The quantitative estimate of drug-likeness (QED) is 0.846. The minimum Gasteiger partial charge on any atom is -0.324 e. The summed E-state index contributed by atoms with van der Waals surface area (Å²) in [6.07, 6.45) is 0.589. The molecule has 0 spiro atoms. The van der Waals surface area contributed by atoms with Gasteiger partial charge in [0, 0.05) is 11.1 Å². The summed E-state index contributed by atoms with van der Waals surface area (Å²) < 4.78 is 13.1. The standard InChI is InChI=1S/C18H21ClFN/c1-18(2,3)15-7-5-4-6-14(15)17(21)10-12-8-9-13(20)11-16(12)19/h4-9,11,17H,10,21H2,1-3H3. The van der Waals surface area contributed by atoms with Gasteiger partial charge < -0.3 is 5.73 Å². The lowest BCUT2D eigenvalue weighted by Crippen LogP contribution is -2.21. The van der Waals surface area contributed by atoms with Gasteiger partial charge in [-0.05, 0) is 40.7 Å². The Bertz CT molecular complexity index is 631. The van der Waals surface area contributed by atoms with Gasteiger partial charge in [0.1, 0.15) is 5.82 Å². The van der Waals surface area contributed by atoms with Crippen molar-refractivity contribution in [2.24, 2.45) is 5.73 Å². The van der Waals surface area contributed by atoms with Crippen LogP contribution in [0.2, 0.25) is 5.02 Å². The van der Waals surface area contributed by atoms with E-state index in [1.807, 2.05) is 12.1 Å². The van der Waals surface area contributed by atoms with Crippen LogP contribution in [0.25, 0.3) is 0 Å². The van der Waals surface area contributed by atoms with Gasteiger partial charge in [0.25, 0.3) is 0 Å². The third-order valence-electron chi connectivity index (χ3n) is 3.62. The second-order valence-electron chi connectivity index (χ2n) is 6.38. The van der Waals surface area contributed by atoms with Crippen molar-refractivity contribution < 1.29 is 4.39 Å². The zero-order chi connectivity index (χ0) is 15.6. The van der Waals surface area contributed by atoms with Crippen molar-refractivity contribution in [3.05, 3.63) is 70.0 Å². The fourth-order valence-corrected chi connectivity index (χ4v) is 2.78. The Balaban J connectivity index is 2.31. The van der Waals surface area contributed by atoms with E-state index in [1.54, 1.807) is 6.07 Å². The highest BCUT2D eigenvalue weighted by Gasteiger charge is 2.21. The van der Waals surface area contributed by atoms with Crippen molar-refractivity contribution in [2.75, 3.05) is 0 Å². The largest absolute Gasteiger partial charge is 0.324 e. The summed E-state index contributed by atoms with van der Waals surface area (Å²) in [5, 5.41) is 0.429. The maximum atomic E-state index is 13.1. The van der Waals surface area contributed by atoms with E-state index in [2.05, 4.69) is 32.9 Å². The maximum absolute atomic E-state index is 13.1. The number of hydrogen-bond acceptors (Lipinski definition) is 1. The molecule has 2 rings (SSSR count). The number of hydrogen-bond donors (Lipinski definition) is 1. The van der Waals surface area contributed by atoms with Gasteiger partial charge in [-0.25, -0.2) is 4.39 Å². The Kier molecular flexibility index (Phi) is 4.70. The number of halogens is 2. The van der Waals surface area contributed by atoms with Gasteiger partial charge >= 0.3 is 0 Å². The van der Waals surface area contributed by atoms with Crippen LogP contribution in [0.5, 0.6) is 0 Å². The first-order valence-electron chi connectivity index (χ1n) is 7.08. The summed E-state index contributed by atoms with van der Waals surface area (Å²) in [4.78, 5) is 0. The molecule has 1 unspecified atom stereocenters. The monoisotopic (exact) mass is 305 g/mol. The average molecular weight is 306 g/mol. The fraction of sp³-hybridized carbons (Fsp3) is 0.333. The third-order valence-corrected chi connectivity index (χ3v) is 3.98. The van der Waals surface area contributed by atoms with Gasteiger partial charge in [-0.3, -0.25) is 0 Å². The molecule has 3 heteroatoms. The first-order valence-corrected chi connectivity index (χ1v) is 7.46. The highest BCUT2D eigenvalue weighted by atomic mass is 35.5. The van der Waals surface area contributed by atoms with Crippen LogP contribution in [-0.2, 0) is 11.8 Å². The van der Waals surface area contributed by atoms with E-state index >= 15 is 0 Å².